The molecule has 2 aliphatic heterocycles. The summed E-state index contributed by atoms with van der Waals surface area (Å²) < 4.78 is 13.2. The third-order valence-corrected chi connectivity index (χ3v) is 5.70. The van der Waals surface area contributed by atoms with Crippen LogP contribution in [0.1, 0.15) is 22.7 Å². The van der Waals surface area contributed by atoms with Gasteiger partial charge >= 0.3 is 0 Å². The Morgan fingerprint density at radius 2 is 1.86 bits per heavy atom. The fraction of sp³-hybridized carbons (Fsp3) is 0.409. The van der Waals surface area contributed by atoms with Crippen LogP contribution in [-0.4, -0.2) is 48.4 Å². The van der Waals surface area contributed by atoms with Gasteiger partial charge in [0.2, 0.25) is 5.91 Å². The van der Waals surface area contributed by atoms with E-state index in [4.69, 9.17) is 0 Å². The van der Waals surface area contributed by atoms with Crippen molar-refractivity contribution in [2.45, 2.75) is 19.5 Å². The van der Waals surface area contributed by atoms with Gasteiger partial charge in [-0.2, -0.15) is 0 Å². The lowest BCUT2D eigenvalue weighted by atomic mass is 9.93. The van der Waals surface area contributed by atoms with Gasteiger partial charge in [-0.1, -0.05) is 42.0 Å². The largest absolute Gasteiger partial charge is 0.340 e. The van der Waals surface area contributed by atoms with Crippen molar-refractivity contribution >= 4 is 5.91 Å². The first-order valence-corrected chi connectivity index (χ1v) is 9.91. The van der Waals surface area contributed by atoms with Crippen molar-refractivity contribution in [1.82, 2.24) is 20.7 Å². The first-order chi connectivity index (χ1) is 13.6. The summed E-state index contributed by atoms with van der Waals surface area (Å²) in [5.41, 5.74) is 9.81. The van der Waals surface area contributed by atoms with E-state index in [1.54, 1.807) is 12.1 Å². The monoisotopic (exact) mass is 382 g/mol. The highest BCUT2D eigenvalue weighted by molar-refractivity contribution is 5.80. The topological polar surface area (TPSA) is 47.6 Å². The fourth-order valence-corrected chi connectivity index (χ4v) is 4.14. The van der Waals surface area contributed by atoms with Crippen LogP contribution in [0.2, 0.25) is 0 Å². The molecular weight excluding hydrogens is 355 g/mol. The summed E-state index contributed by atoms with van der Waals surface area (Å²) in [4.78, 5) is 17.5. The van der Waals surface area contributed by atoms with Crippen LogP contribution in [0.25, 0.3) is 0 Å². The quantitative estimate of drug-likeness (QED) is 0.852. The summed E-state index contributed by atoms with van der Waals surface area (Å²) in [6.45, 7) is 6.89. The molecule has 0 radical (unpaired) electrons. The molecule has 1 amide bonds. The van der Waals surface area contributed by atoms with Gasteiger partial charge in [0, 0.05) is 39.3 Å². The summed E-state index contributed by atoms with van der Waals surface area (Å²) in [6, 6.07) is 14.9. The molecule has 2 heterocycles. The van der Waals surface area contributed by atoms with Crippen molar-refractivity contribution in [2.24, 2.45) is 5.92 Å². The summed E-state index contributed by atoms with van der Waals surface area (Å²) in [5, 5.41) is 0. The van der Waals surface area contributed by atoms with Crippen molar-refractivity contribution < 1.29 is 9.18 Å². The number of piperazine rings is 1. The second-order valence-corrected chi connectivity index (χ2v) is 7.75. The number of hydrogen-bond donors (Lipinski definition) is 2. The van der Waals surface area contributed by atoms with Crippen LogP contribution >= 0.6 is 0 Å². The molecule has 4 rings (SSSR count). The van der Waals surface area contributed by atoms with Gasteiger partial charge in [-0.05, 0) is 30.2 Å². The molecule has 28 heavy (non-hydrogen) atoms. The molecule has 148 valence electrons. The van der Waals surface area contributed by atoms with Gasteiger partial charge in [-0.15, -0.1) is 0 Å². The molecule has 6 heteroatoms. The van der Waals surface area contributed by atoms with Crippen LogP contribution in [0.5, 0.6) is 0 Å². The molecule has 2 fully saturated rings. The average Bonchev–Trinajstić information content (AvgIpc) is 3.18. The van der Waals surface area contributed by atoms with E-state index in [0.717, 1.165) is 38.3 Å². The number of nitrogens with zero attached hydrogens (tertiary/aromatic N) is 2. The Kier molecular flexibility index (Phi) is 5.71. The maximum Gasteiger partial charge on any atom is 0.229 e. The molecule has 2 aromatic rings. The number of amides is 1. The summed E-state index contributed by atoms with van der Waals surface area (Å²) >= 11 is 0. The van der Waals surface area contributed by atoms with E-state index in [-0.39, 0.29) is 23.7 Å². The van der Waals surface area contributed by atoms with Crippen LogP contribution < -0.4 is 10.9 Å². The van der Waals surface area contributed by atoms with Crippen LogP contribution in [0.3, 0.4) is 0 Å². The van der Waals surface area contributed by atoms with Gasteiger partial charge in [0.1, 0.15) is 5.82 Å². The van der Waals surface area contributed by atoms with E-state index in [9.17, 15) is 9.18 Å². The van der Waals surface area contributed by atoms with Crippen LogP contribution in [0, 0.1) is 18.7 Å². The lowest BCUT2D eigenvalue weighted by Gasteiger charge is -2.36. The zero-order valence-electron chi connectivity index (χ0n) is 16.2. The minimum Gasteiger partial charge on any atom is -0.340 e. The molecule has 0 aliphatic carbocycles. The molecule has 2 unspecified atom stereocenters. The lowest BCUT2D eigenvalue weighted by molar-refractivity contribution is -0.137. The normalized spacial score (nSPS) is 23.1. The predicted molar refractivity (Wildman–Crippen MR) is 107 cm³/mol. The molecule has 0 aromatic heterocycles. The van der Waals surface area contributed by atoms with E-state index in [1.807, 2.05) is 4.90 Å². The Morgan fingerprint density at radius 1 is 1.11 bits per heavy atom. The van der Waals surface area contributed by atoms with Gasteiger partial charge in [-0.3, -0.25) is 15.1 Å². The Labute approximate surface area is 165 Å². The number of aryl methyl sites for hydroxylation is 1. The van der Waals surface area contributed by atoms with E-state index in [1.165, 1.54) is 23.3 Å². The molecule has 2 aromatic carbocycles. The van der Waals surface area contributed by atoms with Crippen molar-refractivity contribution in [1.29, 1.82) is 0 Å². The number of carbonyl (C=O) groups is 1. The van der Waals surface area contributed by atoms with Crippen LogP contribution in [0.4, 0.5) is 4.39 Å². The molecule has 2 aliphatic rings. The van der Waals surface area contributed by atoms with E-state index < -0.39 is 0 Å². The minimum atomic E-state index is -0.262. The fourth-order valence-electron chi connectivity index (χ4n) is 4.14. The Balaban J connectivity index is 1.35. The Hall–Kier alpha value is -2.28. The molecule has 0 bridgehead atoms. The highest BCUT2D eigenvalue weighted by Gasteiger charge is 2.37. The highest BCUT2D eigenvalue weighted by Crippen LogP contribution is 2.27. The molecular formula is C22H27FN4O. The smallest absolute Gasteiger partial charge is 0.229 e. The van der Waals surface area contributed by atoms with Crippen molar-refractivity contribution in [3.63, 3.8) is 0 Å². The van der Waals surface area contributed by atoms with Crippen LogP contribution in [0.15, 0.2) is 48.5 Å². The molecule has 5 nitrogen and oxygen atoms in total. The highest BCUT2D eigenvalue weighted by atomic mass is 19.1. The number of hydrazine groups is 1. The number of carbonyl (C=O) groups excluding carboxylic acids is 1. The number of nitrogens with one attached hydrogen (secondary N) is 2. The predicted octanol–water partition coefficient (Wildman–Crippen LogP) is 2.24. The third-order valence-electron chi connectivity index (χ3n) is 5.70. The standard InChI is InChI=1S/C22H27FN4O/c1-16-3-2-4-17(13-16)15-26-9-11-27(12-10-26)22(28)20-14-24-25-21(20)18-5-7-19(23)8-6-18/h2-8,13,20-21,24-25H,9-12,14-15H2,1H3. The van der Waals surface area contributed by atoms with Gasteiger partial charge < -0.3 is 4.90 Å². The number of halogens is 1. The van der Waals surface area contributed by atoms with E-state index in [0.29, 0.717) is 6.54 Å². The molecule has 2 saturated heterocycles. The second-order valence-electron chi connectivity index (χ2n) is 7.75. The average molecular weight is 382 g/mol. The molecule has 2 N–H and O–H groups in total. The zero-order valence-corrected chi connectivity index (χ0v) is 16.2. The summed E-state index contributed by atoms with van der Waals surface area (Å²) in [6.07, 6.45) is 0. The van der Waals surface area contributed by atoms with Crippen molar-refractivity contribution in [3.8, 4) is 0 Å². The number of hydrogen-bond acceptors (Lipinski definition) is 4. The lowest BCUT2D eigenvalue weighted by Crippen LogP contribution is -2.50. The maximum absolute atomic E-state index is 13.2. The van der Waals surface area contributed by atoms with Gasteiger partial charge in [0.05, 0.1) is 12.0 Å². The SMILES string of the molecule is Cc1cccc(CN2CCN(C(=O)C3CNNC3c3ccc(F)cc3)CC2)c1. The molecule has 0 spiro atoms. The van der Waals surface area contributed by atoms with Gasteiger partial charge in [0.15, 0.2) is 0 Å². The Morgan fingerprint density at radius 3 is 2.57 bits per heavy atom. The number of benzene rings is 2. The van der Waals surface area contributed by atoms with Crippen molar-refractivity contribution in [3.05, 3.63) is 71.0 Å². The van der Waals surface area contributed by atoms with Gasteiger partial charge in [-0.25, -0.2) is 9.82 Å². The zero-order chi connectivity index (χ0) is 19.5. The first-order valence-electron chi connectivity index (χ1n) is 9.91. The first kappa shape index (κ1) is 19.1. The number of rotatable bonds is 4. The summed E-state index contributed by atoms with van der Waals surface area (Å²) in [5.74, 6) is -0.266. The van der Waals surface area contributed by atoms with Gasteiger partial charge in [0.25, 0.3) is 0 Å². The van der Waals surface area contributed by atoms with E-state index >= 15 is 0 Å². The van der Waals surface area contributed by atoms with E-state index in [2.05, 4.69) is 46.9 Å². The maximum atomic E-state index is 13.2. The summed E-state index contributed by atoms with van der Waals surface area (Å²) in [7, 11) is 0. The van der Waals surface area contributed by atoms with Crippen LogP contribution in [-0.2, 0) is 11.3 Å². The third kappa shape index (κ3) is 4.24. The molecule has 0 saturated carbocycles. The Bertz CT molecular complexity index is 818. The second kappa shape index (κ2) is 8.39. The molecule has 2 atom stereocenters. The minimum absolute atomic E-state index is 0.126. The van der Waals surface area contributed by atoms with Crippen molar-refractivity contribution in [2.75, 3.05) is 32.7 Å².